The molecule has 60 heavy (non-hydrogen) atoms. The van der Waals surface area contributed by atoms with Crippen molar-refractivity contribution < 1.29 is 47.5 Å². The summed E-state index contributed by atoms with van der Waals surface area (Å²) in [4.78, 5) is 24.9. The molecule has 0 radical (unpaired) electrons. The number of hydrogen-bond acceptors (Lipinski definition) is 10. The molecule has 306 valence electrons. The highest BCUT2D eigenvalue weighted by molar-refractivity contribution is 5.87. The summed E-state index contributed by atoms with van der Waals surface area (Å²) in [5.41, 5.74) is 2.55. The predicted octanol–water partition coefficient (Wildman–Crippen LogP) is 11.5. The van der Waals surface area contributed by atoms with Crippen molar-refractivity contribution in [2.45, 2.75) is 26.7 Å². The van der Waals surface area contributed by atoms with Crippen LogP contribution in [0.4, 0.5) is 0 Å². The van der Waals surface area contributed by atoms with Crippen LogP contribution in [0.2, 0.25) is 0 Å². The van der Waals surface area contributed by atoms with Crippen molar-refractivity contribution in [3.63, 3.8) is 0 Å². The van der Waals surface area contributed by atoms with E-state index >= 15 is 0 Å². The minimum absolute atomic E-state index is 0.190. The van der Waals surface area contributed by atoms with E-state index in [2.05, 4.69) is 0 Å². The Morgan fingerprint density at radius 2 is 0.817 bits per heavy atom. The van der Waals surface area contributed by atoms with Crippen molar-refractivity contribution in [1.29, 1.82) is 0 Å². The summed E-state index contributed by atoms with van der Waals surface area (Å²) in [6.45, 7) is 4.39. The Morgan fingerprint density at radius 3 is 1.32 bits per heavy atom. The molecule has 0 saturated carbocycles. The quantitative estimate of drug-likeness (QED) is 0.0302. The first-order valence-corrected chi connectivity index (χ1v) is 19.5. The van der Waals surface area contributed by atoms with Crippen LogP contribution in [0.25, 0.3) is 11.1 Å². The molecule has 0 aliphatic heterocycles. The Labute approximate surface area is 350 Å². The summed E-state index contributed by atoms with van der Waals surface area (Å²) in [5.74, 6) is 4.43. The van der Waals surface area contributed by atoms with E-state index in [1.165, 1.54) is 12.5 Å². The molecule has 0 aliphatic carbocycles. The number of hydrogen-bond donors (Lipinski definition) is 0. The molecule has 0 aromatic heterocycles. The van der Waals surface area contributed by atoms with Crippen LogP contribution >= 0.6 is 0 Å². The lowest BCUT2D eigenvalue weighted by Crippen LogP contribution is -2.10. The van der Waals surface area contributed by atoms with Crippen molar-refractivity contribution in [3.05, 3.63) is 181 Å². The third kappa shape index (κ3) is 13.6. The second-order valence-corrected chi connectivity index (χ2v) is 13.3. The molecule has 6 aromatic carbocycles. The van der Waals surface area contributed by atoms with Gasteiger partial charge < -0.3 is 37.9 Å². The van der Waals surface area contributed by atoms with Gasteiger partial charge in [0.1, 0.15) is 58.5 Å². The summed E-state index contributed by atoms with van der Waals surface area (Å²) in [6.07, 6.45) is 3.76. The summed E-state index contributed by atoms with van der Waals surface area (Å²) in [7, 11) is 0. The predicted molar refractivity (Wildman–Crippen MR) is 229 cm³/mol. The fraction of sp³-hybridized carbons (Fsp3) is 0.160. The molecule has 6 aromatic rings. The largest absolute Gasteiger partial charge is 0.493 e. The summed E-state index contributed by atoms with van der Waals surface area (Å²) in [5, 5.41) is 0. The van der Waals surface area contributed by atoms with Crippen molar-refractivity contribution >= 4 is 11.9 Å². The van der Waals surface area contributed by atoms with Gasteiger partial charge in [0, 0.05) is 18.4 Å². The Morgan fingerprint density at radius 1 is 0.417 bits per heavy atom. The van der Waals surface area contributed by atoms with E-state index in [0.29, 0.717) is 71.7 Å². The normalized spacial score (nSPS) is 11.2. The van der Waals surface area contributed by atoms with E-state index < -0.39 is 11.9 Å². The zero-order chi connectivity index (χ0) is 41.8. The number of carbonyl (C=O) groups excluding carboxylic acids is 2. The lowest BCUT2D eigenvalue weighted by molar-refractivity contribution is -0.140. The van der Waals surface area contributed by atoms with Crippen LogP contribution in [-0.2, 0) is 19.1 Å². The fourth-order valence-electron chi connectivity index (χ4n) is 5.44. The topological polar surface area (TPSA) is 108 Å². The van der Waals surface area contributed by atoms with Gasteiger partial charge in [-0.3, -0.25) is 0 Å². The van der Waals surface area contributed by atoms with Gasteiger partial charge in [-0.1, -0.05) is 66.7 Å². The highest BCUT2D eigenvalue weighted by atomic mass is 16.5. The maximum atomic E-state index is 12.5. The van der Waals surface area contributed by atoms with E-state index in [0.717, 1.165) is 22.6 Å². The zero-order valence-electron chi connectivity index (χ0n) is 33.5. The first-order chi connectivity index (χ1) is 29.4. The molecule has 0 atom stereocenters. The van der Waals surface area contributed by atoms with Crippen LogP contribution in [0.5, 0.6) is 46.0 Å². The van der Waals surface area contributed by atoms with Crippen molar-refractivity contribution in [3.8, 4) is 57.1 Å². The molecule has 6 rings (SSSR count). The summed E-state index contributed by atoms with van der Waals surface area (Å²) < 4.78 is 45.6. The van der Waals surface area contributed by atoms with Crippen molar-refractivity contribution in [1.82, 2.24) is 0 Å². The Hall–Kier alpha value is -7.46. The Kier molecular flexibility index (Phi) is 15.8. The van der Waals surface area contributed by atoms with Crippen LogP contribution in [0.15, 0.2) is 181 Å². The van der Waals surface area contributed by atoms with E-state index in [1.807, 2.05) is 109 Å². The van der Waals surface area contributed by atoms with E-state index in [-0.39, 0.29) is 13.2 Å². The third-order valence-corrected chi connectivity index (χ3v) is 8.62. The molecule has 10 nitrogen and oxygen atoms in total. The van der Waals surface area contributed by atoms with Gasteiger partial charge in [-0.2, -0.15) is 0 Å². The molecule has 10 heteroatoms. The Bertz CT molecular complexity index is 2300. The molecule has 0 fully saturated rings. The SMILES string of the molecule is CC(=COc1ccc(Oc2ccccc2)cc1)C(=O)OCCCOc1ccc(-c2ccccc2OCCCOC(=O)C(C)=COc2ccc(Oc3ccccc3)cc2)cc1. The van der Waals surface area contributed by atoms with Crippen molar-refractivity contribution in [2.75, 3.05) is 26.4 Å². The first-order valence-electron chi connectivity index (χ1n) is 19.5. The number of esters is 2. The number of rotatable bonds is 21. The molecule has 0 N–H and O–H groups in total. The molecule has 0 amide bonds. The second kappa shape index (κ2) is 22.5. The van der Waals surface area contributed by atoms with Crippen LogP contribution in [0.1, 0.15) is 26.7 Å². The standard InChI is InChI=1S/C50H46O10/c1-37(35-57-41-23-27-45(28-24-41)59-43-13-5-3-6-14-43)49(51)55-33-11-31-53-40-21-19-39(20-22-40)47-17-9-10-18-48(47)54-32-12-34-56-50(52)38(2)36-58-42-25-29-46(30-26-42)60-44-15-7-4-8-16-44/h3-10,13-30,35-36H,11-12,31-34H2,1-2H3. The highest BCUT2D eigenvalue weighted by Gasteiger charge is 2.10. The molecule has 0 saturated heterocycles. The van der Waals surface area contributed by atoms with E-state index in [1.54, 1.807) is 62.4 Å². The molecule has 0 heterocycles. The lowest BCUT2D eigenvalue weighted by Gasteiger charge is -2.13. The minimum atomic E-state index is -0.467. The molecular weight excluding hydrogens is 761 g/mol. The van der Waals surface area contributed by atoms with E-state index in [4.69, 9.17) is 37.9 Å². The highest BCUT2D eigenvalue weighted by Crippen LogP contribution is 2.31. The summed E-state index contributed by atoms with van der Waals surface area (Å²) >= 11 is 0. The van der Waals surface area contributed by atoms with Gasteiger partial charge in [0.25, 0.3) is 0 Å². The molecule has 0 bridgehead atoms. The summed E-state index contributed by atoms with van der Waals surface area (Å²) in [6, 6.07) is 48.6. The molecule has 0 aliphatic rings. The molecular formula is C50H46O10. The number of carbonyl (C=O) groups is 2. The van der Waals surface area contributed by atoms with Gasteiger partial charge in [0.05, 0.1) is 37.6 Å². The maximum Gasteiger partial charge on any atom is 0.336 e. The van der Waals surface area contributed by atoms with Gasteiger partial charge in [0.2, 0.25) is 0 Å². The average molecular weight is 807 g/mol. The van der Waals surface area contributed by atoms with Crippen molar-refractivity contribution in [2.24, 2.45) is 0 Å². The molecule has 0 spiro atoms. The lowest BCUT2D eigenvalue weighted by atomic mass is 10.0. The van der Waals surface area contributed by atoms with Gasteiger partial charge in [-0.05, 0) is 110 Å². The third-order valence-electron chi connectivity index (χ3n) is 8.62. The monoisotopic (exact) mass is 806 g/mol. The number of benzene rings is 6. The second-order valence-electron chi connectivity index (χ2n) is 13.3. The Balaban J connectivity index is 0.850. The number of para-hydroxylation sites is 3. The van der Waals surface area contributed by atoms with Crippen LogP contribution in [-0.4, -0.2) is 38.4 Å². The number of ether oxygens (including phenoxy) is 8. The van der Waals surface area contributed by atoms with Gasteiger partial charge in [-0.25, -0.2) is 9.59 Å². The smallest absolute Gasteiger partial charge is 0.336 e. The first kappa shape index (κ1) is 42.2. The minimum Gasteiger partial charge on any atom is -0.493 e. The fourth-order valence-corrected chi connectivity index (χ4v) is 5.44. The maximum absolute atomic E-state index is 12.5. The van der Waals surface area contributed by atoms with Gasteiger partial charge in [-0.15, -0.1) is 0 Å². The van der Waals surface area contributed by atoms with E-state index in [9.17, 15) is 9.59 Å². The van der Waals surface area contributed by atoms with Gasteiger partial charge >= 0.3 is 11.9 Å². The van der Waals surface area contributed by atoms with Gasteiger partial charge in [0.15, 0.2) is 0 Å². The molecule has 0 unspecified atom stereocenters. The van der Waals surface area contributed by atoms with Crippen LogP contribution < -0.4 is 28.4 Å². The van der Waals surface area contributed by atoms with Crippen LogP contribution in [0, 0.1) is 0 Å². The van der Waals surface area contributed by atoms with Crippen LogP contribution in [0.3, 0.4) is 0 Å². The average Bonchev–Trinajstić information content (AvgIpc) is 3.29. The zero-order valence-corrected chi connectivity index (χ0v) is 33.5.